The Morgan fingerprint density at radius 2 is 2.06 bits per heavy atom. The second-order valence-electron chi connectivity index (χ2n) is 7.51. The summed E-state index contributed by atoms with van der Waals surface area (Å²) in [6, 6.07) is 13.2. The zero-order valence-corrected chi connectivity index (χ0v) is 17.1. The maximum atomic E-state index is 12.9. The van der Waals surface area contributed by atoms with Crippen LogP contribution < -0.4 is 10.6 Å². The third-order valence-electron chi connectivity index (χ3n) is 5.32. The molecule has 2 N–H and O–H groups in total. The number of hydrogen-bond donors (Lipinski definition) is 2. The maximum Gasteiger partial charge on any atom is 0.338 e. The minimum absolute atomic E-state index is 0.0693. The van der Waals surface area contributed by atoms with Crippen LogP contribution in [0, 0.1) is 25.2 Å². The lowest BCUT2D eigenvalue weighted by Crippen LogP contribution is -2.49. The van der Waals surface area contributed by atoms with Crippen molar-refractivity contribution in [3.63, 3.8) is 0 Å². The van der Waals surface area contributed by atoms with Crippen molar-refractivity contribution in [1.29, 1.82) is 5.26 Å². The number of rotatable bonds is 4. The van der Waals surface area contributed by atoms with Gasteiger partial charge in [-0.15, -0.1) is 0 Å². The van der Waals surface area contributed by atoms with E-state index in [-0.39, 0.29) is 13.2 Å². The molecular weight excluding hydrogens is 396 g/mol. The van der Waals surface area contributed by atoms with E-state index in [1.807, 2.05) is 38.1 Å². The van der Waals surface area contributed by atoms with E-state index in [0.29, 0.717) is 22.5 Å². The Morgan fingerprint density at radius 3 is 2.84 bits per heavy atom. The van der Waals surface area contributed by atoms with Gasteiger partial charge in [-0.05, 0) is 43.2 Å². The van der Waals surface area contributed by atoms with Crippen LogP contribution in [0.5, 0.6) is 0 Å². The number of aryl methyl sites for hydroxylation is 2. The molecule has 1 unspecified atom stereocenters. The van der Waals surface area contributed by atoms with Gasteiger partial charge in [0, 0.05) is 5.69 Å². The number of esters is 1. The largest absolute Gasteiger partial charge is 0.456 e. The summed E-state index contributed by atoms with van der Waals surface area (Å²) >= 11 is 0. The summed E-state index contributed by atoms with van der Waals surface area (Å²) in [4.78, 5) is 39.2. The minimum atomic E-state index is -0.635. The first-order chi connectivity index (χ1) is 14.9. The standard InChI is InChI=1S/C23H20N4O4/c1-13-6-7-14(2)17(8-13)21-20-18(12-31-22(20)29)27(23(30)26-21)11-19(28)25-16-5-3-4-15(9-16)10-24/h3-9,21H,11-12H2,1-2H3,(H,25,28)(H,26,30). The first-order valence-electron chi connectivity index (χ1n) is 9.72. The van der Waals surface area contributed by atoms with Crippen molar-refractivity contribution < 1.29 is 19.1 Å². The zero-order valence-electron chi connectivity index (χ0n) is 17.1. The number of cyclic esters (lactones) is 1. The smallest absolute Gasteiger partial charge is 0.338 e. The Morgan fingerprint density at radius 1 is 1.26 bits per heavy atom. The quantitative estimate of drug-likeness (QED) is 0.745. The molecule has 0 aromatic heterocycles. The van der Waals surface area contributed by atoms with Crippen LogP contribution >= 0.6 is 0 Å². The average Bonchev–Trinajstić information content (AvgIpc) is 3.13. The van der Waals surface area contributed by atoms with Crippen molar-refractivity contribution in [3.05, 3.63) is 76.0 Å². The number of nitrogens with one attached hydrogen (secondary N) is 2. The molecule has 8 nitrogen and oxygen atoms in total. The SMILES string of the molecule is Cc1ccc(C)c(C2NC(=O)N(CC(=O)Nc3cccc(C#N)c3)C3=C2C(=O)OC3)c1. The van der Waals surface area contributed by atoms with Crippen LogP contribution in [0.3, 0.4) is 0 Å². The highest BCUT2D eigenvalue weighted by Crippen LogP contribution is 2.36. The molecule has 8 heteroatoms. The van der Waals surface area contributed by atoms with E-state index < -0.39 is 23.9 Å². The van der Waals surface area contributed by atoms with E-state index in [2.05, 4.69) is 10.6 Å². The van der Waals surface area contributed by atoms with Crippen LogP contribution in [-0.2, 0) is 14.3 Å². The Hall–Kier alpha value is -4.12. The van der Waals surface area contributed by atoms with E-state index in [1.165, 1.54) is 11.0 Å². The molecule has 156 valence electrons. The normalized spacial score (nSPS) is 17.6. The number of nitriles is 1. The first-order valence-corrected chi connectivity index (χ1v) is 9.72. The Balaban J connectivity index is 1.62. The summed E-state index contributed by atoms with van der Waals surface area (Å²) in [5, 5.41) is 14.5. The van der Waals surface area contributed by atoms with Crippen LogP contribution in [-0.4, -0.2) is 36.0 Å². The molecule has 0 saturated carbocycles. The van der Waals surface area contributed by atoms with Gasteiger partial charge in [-0.3, -0.25) is 9.69 Å². The van der Waals surface area contributed by atoms with Crippen molar-refractivity contribution in [3.8, 4) is 6.07 Å². The first kappa shape index (κ1) is 20.2. The summed E-state index contributed by atoms with van der Waals surface area (Å²) in [6.45, 7) is 3.49. The molecule has 2 aliphatic rings. The molecule has 1 atom stereocenters. The third-order valence-corrected chi connectivity index (χ3v) is 5.32. The molecule has 0 saturated heterocycles. The number of benzene rings is 2. The molecule has 0 bridgehead atoms. The molecule has 4 rings (SSSR count). The number of urea groups is 1. The van der Waals surface area contributed by atoms with Crippen LogP contribution in [0.1, 0.15) is 28.3 Å². The van der Waals surface area contributed by atoms with Crippen LogP contribution in [0.25, 0.3) is 0 Å². The number of ether oxygens (including phenoxy) is 1. The van der Waals surface area contributed by atoms with E-state index in [0.717, 1.165) is 16.7 Å². The van der Waals surface area contributed by atoms with Crippen molar-refractivity contribution in [2.45, 2.75) is 19.9 Å². The second-order valence-corrected chi connectivity index (χ2v) is 7.51. The molecule has 2 aromatic rings. The molecule has 2 heterocycles. The van der Waals surface area contributed by atoms with Gasteiger partial charge in [0.05, 0.1) is 28.9 Å². The lowest BCUT2D eigenvalue weighted by Gasteiger charge is -2.33. The van der Waals surface area contributed by atoms with Crippen molar-refractivity contribution in [2.75, 3.05) is 18.5 Å². The van der Waals surface area contributed by atoms with Gasteiger partial charge in [0.1, 0.15) is 13.2 Å². The summed E-state index contributed by atoms with van der Waals surface area (Å²) in [7, 11) is 0. The van der Waals surface area contributed by atoms with Crippen molar-refractivity contribution in [1.82, 2.24) is 10.2 Å². The molecular formula is C23H20N4O4. The van der Waals surface area contributed by atoms with Gasteiger partial charge >= 0.3 is 12.0 Å². The average molecular weight is 416 g/mol. The predicted octanol–water partition coefficient (Wildman–Crippen LogP) is 2.69. The number of carbonyl (C=O) groups is 3. The Bertz CT molecular complexity index is 1180. The van der Waals surface area contributed by atoms with Gasteiger partial charge in [-0.25, -0.2) is 9.59 Å². The molecule has 31 heavy (non-hydrogen) atoms. The lowest BCUT2D eigenvalue weighted by atomic mass is 9.91. The van der Waals surface area contributed by atoms with Gasteiger partial charge in [0.25, 0.3) is 0 Å². The number of nitrogens with zero attached hydrogens (tertiary/aromatic N) is 2. The summed E-state index contributed by atoms with van der Waals surface area (Å²) in [6.07, 6.45) is 0. The van der Waals surface area contributed by atoms with Crippen molar-refractivity contribution in [2.24, 2.45) is 0 Å². The third kappa shape index (κ3) is 3.85. The van der Waals surface area contributed by atoms with Gasteiger partial charge in [0.15, 0.2) is 0 Å². The summed E-state index contributed by atoms with van der Waals surface area (Å²) in [5.74, 6) is -0.963. The van der Waals surface area contributed by atoms with Crippen molar-refractivity contribution >= 4 is 23.6 Å². The molecule has 0 fully saturated rings. The fraction of sp³-hybridized carbons (Fsp3) is 0.217. The van der Waals surface area contributed by atoms with Gasteiger partial charge in [0.2, 0.25) is 5.91 Å². The summed E-state index contributed by atoms with van der Waals surface area (Å²) in [5.41, 5.74) is 4.34. The van der Waals surface area contributed by atoms with Crippen LogP contribution in [0.4, 0.5) is 10.5 Å². The number of anilines is 1. The molecule has 0 spiro atoms. The number of carbonyl (C=O) groups excluding carboxylic acids is 3. The van der Waals surface area contributed by atoms with E-state index in [4.69, 9.17) is 10.00 Å². The van der Waals surface area contributed by atoms with Gasteiger partial charge in [-0.2, -0.15) is 5.26 Å². The number of hydrogen-bond acceptors (Lipinski definition) is 5. The van der Waals surface area contributed by atoms with E-state index in [9.17, 15) is 14.4 Å². The summed E-state index contributed by atoms with van der Waals surface area (Å²) < 4.78 is 5.22. The second kappa shape index (κ2) is 7.95. The minimum Gasteiger partial charge on any atom is -0.456 e. The Labute approximate surface area is 179 Å². The lowest BCUT2D eigenvalue weighted by molar-refractivity contribution is -0.136. The molecule has 2 aromatic carbocycles. The molecule has 0 radical (unpaired) electrons. The highest BCUT2D eigenvalue weighted by molar-refractivity contribution is 6.00. The molecule has 0 aliphatic carbocycles. The fourth-order valence-corrected chi connectivity index (χ4v) is 3.79. The van der Waals surface area contributed by atoms with Gasteiger partial charge < -0.3 is 15.4 Å². The zero-order chi connectivity index (χ0) is 22.1. The number of amides is 3. The maximum absolute atomic E-state index is 12.9. The monoisotopic (exact) mass is 416 g/mol. The predicted molar refractivity (Wildman–Crippen MR) is 112 cm³/mol. The Kier molecular flexibility index (Phi) is 5.17. The van der Waals surface area contributed by atoms with Crippen LogP contribution in [0.15, 0.2) is 53.7 Å². The van der Waals surface area contributed by atoms with Gasteiger partial charge in [-0.1, -0.05) is 29.8 Å². The molecule has 3 amide bonds. The van der Waals surface area contributed by atoms with E-state index in [1.54, 1.807) is 18.2 Å². The molecule has 2 aliphatic heterocycles. The highest BCUT2D eigenvalue weighted by atomic mass is 16.5. The fourth-order valence-electron chi connectivity index (χ4n) is 3.79. The highest BCUT2D eigenvalue weighted by Gasteiger charge is 2.43. The van der Waals surface area contributed by atoms with E-state index >= 15 is 0 Å². The topological polar surface area (TPSA) is 112 Å². The van der Waals surface area contributed by atoms with Crippen LogP contribution in [0.2, 0.25) is 0 Å².